The second kappa shape index (κ2) is 9.18. The summed E-state index contributed by atoms with van der Waals surface area (Å²) in [5, 5.41) is 35.8. The molecule has 136 valence electrons. The van der Waals surface area contributed by atoms with Crippen LogP contribution in [0.15, 0.2) is 0 Å². The third-order valence-electron chi connectivity index (χ3n) is 4.01. The van der Waals surface area contributed by atoms with Gasteiger partial charge in [0.2, 0.25) is 0 Å². The van der Waals surface area contributed by atoms with Gasteiger partial charge in [0, 0.05) is 12.1 Å². The molecule has 1 rings (SSSR count). The monoisotopic (exact) mass is 346 g/mol. The lowest BCUT2D eigenvalue weighted by atomic mass is 9.88. The molecule has 10 nitrogen and oxygen atoms in total. The Hall–Kier alpha value is -2.20. The Kier molecular flexibility index (Phi) is 7.59. The number of hydrogen-bond donors (Lipinski definition) is 4. The van der Waals surface area contributed by atoms with Gasteiger partial charge in [-0.3, -0.25) is 29.0 Å². The Morgan fingerprint density at radius 3 is 1.21 bits per heavy atom. The van der Waals surface area contributed by atoms with E-state index in [0.29, 0.717) is 25.7 Å². The molecule has 0 bridgehead atoms. The maximum absolute atomic E-state index is 10.9. The van der Waals surface area contributed by atoms with E-state index in [0.717, 1.165) is 0 Å². The molecule has 0 aromatic heterocycles. The quantitative estimate of drug-likeness (QED) is 0.396. The standard InChI is InChI=1S/C14H22N2O8/c17-11(18)5-15(6-12(19)20)9-2-1-3-10(4-9)16(7-13(21)22)8-14(23)24/h9-10H,1-8H2,(H,17,18)(H,19,20)(H,21,22)(H,23,24)/t9-,10+. The van der Waals surface area contributed by atoms with Crippen LogP contribution in [0.4, 0.5) is 0 Å². The Morgan fingerprint density at radius 2 is 0.958 bits per heavy atom. The maximum Gasteiger partial charge on any atom is 0.317 e. The summed E-state index contributed by atoms with van der Waals surface area (Å²) in [6, 6.07) is -0.693. The molecule has 0 aromatic carbocycles. The second-order valence-corrected chi connectivity index (χ2v) is 5.86. The van der Waals surface area contributed by atoms with Gasteiger partial charge in [0.1, 0.15) is 0 Å². The minimum atomic E-state index is -1.15. The third-order valence-corrected chi connectivity index (χ3v) is 4.01. The molecule has 10 heteroatoms. The second-order valence-electron chi connectivity index (χ2n) is 5.86. The molecule has 4 N–H and O–H groups in total. The van der Waals surface area contributed by atoms with Crippen molar-refractivity contribution in [2.75, 3.05) is 26.2 Å². The highest BCUT2D eigenvalue weighted by Crippen LogP contribution is 2.26. The SMILES string of the molecule is O=C(O)CN(CC(=O)O)[C@@H]1CCC[C@H](N(CC(=O)O)CC(=O)O)C1. The molecule has 0 spiro atoms. The number of aliphatic carboxylic acids is 4. The van der Waals surface area contributed by atoms with E-state index in [2.05, 4.69) is 0 Å². The van der Waals surface area contributed by atoms with E-state index in [1.807, 2.05) is 0 Å². The first-order valence-corrected chi connectivity index (χ1v) is 7.54. The van der Waals surface area contributed by atoms with E-state index in [1.165, 1.54) is 9.80 Å². The zero-order valence-electron chi connectivity index (χ0n) is 13.1. The Balaban J connectivity index is 2.83. The first kappa shape index (κ1) is 19.8. The minimum Gasteiger partial charge on any atom is -0.480 e. The predicted octanol–water partition coefficient (Wildman–Crippen LogP) is -0.760. The maximum atomic E-state index is 10.9. The zero-order chi connectivity index (χ0) is 18.3. The van der Waals surface area contributed by atoms with E-state index in [9.17, 15) is 19.2 Å². The highest BCUT2D eigenvalue weighted by Gasteiger charge is 2.33. The Morgan fingerprint density at radius 1 is 0.667 bits per heavy atom. The van der Waals surface area contributed by atoms with Crippen molar-refractivity contribution in [1.29, 1.82) is 0 Å². The van der Waals surface area contributed by atoms with Gasteiger partial charge in [0.05, 0.1) is 26.2 Å². The normalized spacial score (nSPS) is 20.9. The van der Waals surface area contributed by atoms with Crippen molar-refractivity contribution >= 4 is 23.9 Å². The molecule has 1 aliphatic carbocycles. The van der Waals surface area contributed by atoms with Gasteiger partial charge in [0.25, 0.3) is 0 Å². The molecule has 0 radical (unpaired) electrons. The minimum absolute atomic E-state index is 0.334. The molecule has 0 amide bonds. The van der Waals surface area contributed by atoms with Crippen LogP contribution in [-0.2, 0) is 19.2 Å². The summed E-state index contributed by atoms with van der Waals surface area (Å²) in [5.74, 6) is -4.59. The van der Waals surface area contributed by atoms with Crippen LogP contribution in [0.2, 0.25) is 0 Å². The molecule has 1 saturated carbocycles. The predicted molar refractivity (Wildman–Crippen MR) is 79.7 cm³/mol. The average Bonchev–Trinajstić information content (AvgIpc) is 2.44. The number of carboxylic acids is 4. The highest BCUT2D eigenvalue weighted by atomic mass is 16.4. The van der Waals surface area contributed by atoms with Gasteiger partial charge >= 0.3 is 23.9 Å². The fraction of sp³-hybridized carbons (Fsp3) is 0.714. The summed E-state index contributed by atoms with van der Waals surface area (Å²) in [6.45, 7) is -1.72. The van der Waals surface area contributed by atoms with Crippen molar-refractivity contribution in [1.82, 2.24) is 9.80 Å². The molecule has 0 aliphatic heterocycles. The molecule has 0 unspecified atom stereocenters. The first-order valence-electron chi connectivity index (χ1n) is 7.54. The van der Waals surface area contributed by atoms with Gasteiger partial charge in [-0.25, -0.2) is 0 Å². The van der Waals surface area contributed by atoms with E-state index >= 15 is 0 Å². The lowest BCUT2D eigenvalue weighted by Crippen LogP contribution is -2.50. The molecule has 1 fully saturated rings. The number of carboxylic acid groups (broad SMARTS) is 4. The molecular weight excluding hydrogens is 324 g/mol. The number of rotatable bonds is 10. The van der Waals surface area contributed by atoms with Crippen LogP contribution in [0.25, 0.3) is 0 Å². The van der Waals surface area contributed by atoms with Crippen molar-refractivity contribution in [3.63, 3.8) is 0 Å². The topological polar surface area (TPSA) is 156 Å². The molecule has 0 heterocycles. The molecule has 0 saturated heterocycles. The van der Waals surface area contributed by atoms with Gasteiger partial charge in [-0.05, 0) is 19.3 Å². The fourth-order valence-electron chi connectivity index (χ4n) is 3.13. The lowest BCUT2D eigenvalue weighted by Gasteiger charge is -2.39. The van der Waals surface area contributed by atoms with E-state index in [-0.39, 0.29) is 12.1 Å². The van der Waals surface area contributed by atoms with E-state index in [1.54, 1.807) is 0 Å². The summed E-state index contributed by atoms with van der Waals surface area (Å²) in [7, 11) is 0. The van der Waals surface area contributed by atoms with Gasteiger partial charge < -0.3 is 20.4 Å². The Bertz CT molecular complexity index is 421. The molecule has 1 aliphatic rings. The van der Waals surface area contributed by atoms with Crippen LogP contribution in [0.5, 0.6) is 0 Å². The van der Waals surface area contributed by atoms with Gasteiger partial charge in [-0.15, -0.1) is 0 Å². The van der Waals surface area contributed by atoms with Gasteiger partial charge in [-0.1, -0.05) is 6.42 Å². The third kappa shape index (κ3) is 6.92. The van der Waals surface area contributed by atoms with Crippen molar-refractivity contribution < 1.29 is 39.6 Å². The summed E-state index contributed by atoms with van der Waals surface area (Å²) in [5.41, 5.74) is 0. The highest BCUT2D eigenvalue weighted by molar-refractivity contribution is 5.73. The van der Waals surface area contributed by atoms with Crippen molar-refractivity contribution in [2.45, 2.75) is 37.8 Å². The van der Waals surface area contributed by atoms with Crippen molar-refractivity contribution in [3.8, 4) is 0 Å². The first-order chi connectivity index (χ1) is 11.2. The zero-order valence-corrected chi connectivity index (χ0v) is 13.1. The summed E-state index contributed by atoms with van der Waals surface area (Å²) >= 11 is 0. The molecule has 2 atom stereocenters. The van der Waals surface area contributed by atoms with Crippen molar-refractivity contribution in [2.24, 2.45) is 0 Å². The lowest BCUT2D eigenvalue weighted by molar-refractivity contribution is -0.143. The number of carbonyl (C=O) groups is 4. The van der Waals surface area contributed by atoms with Crippen LogP contribution in [0.3, 0.4) is 0 Å². The fourth-order valence-corrected chi connectivity index (χ4v) is 3.13. The van der Waals surface area contributed by atoms with Crippen LogP contribution >= 0.6 is 0 Å². The van der Waals surface area contributed by atoms with Crippen LogP contribution in [0.1, 0.15) is 25.7 Å². The largest absolute Gasteiger partial charge is 0.480 e. The molecule has 24 heavy (non-hydrogen) atoms. The van der Waals surface area contributed by atoms with Gasteiger partial charge in [-0.2, -0.15) is 0 Å². The number of nitrogens with zero attached hydrogens (tertiary/aromatic N) is 2. The Labute approximate surface area is 138 Å². The molecule has 0 aromatic rings. The smallest absolute Gasteiger partial charge is 0.317 e. The number of hydrogen-bond acceptors (Lipinski definition) is 6. The van der Waals surface area contributed by atoms with Crippen LogP contribution in [-0.4, -0.2) is 92.4 Å². The molecular formula is C14H22N2O8. The van der Waals surface area contributed by atoms with Gasteiger partial charge in [0.15, 0.2) is 0 Å². The van der Waals surface area contributed by atoms with Crippen LogP contribution in [0, 0.1) is 0 Å². The summed E-state index contributed by atoms with van der Waals surface area (Å²) in [4.78, 5) is 46.4. The van der Waals surface area contributed by atoms with E-state index in [4.69, 9.17) is 20.4 Å². The average molecular weight is 346 g/mol. The van der Waals surface area contributed by atoms with E-state index < -0.39 is 50.1 Å². The van der Waals surface area contributed by atoms with Crippen LogP contribution < -0.4 is 0 Å². The summed E-state index contributed by atoms with van der Waals surface area (Å²) in [6.07, 6.45) is 2.15. The van der Waals surface area contributed by atoms with Crippen molar-refractivity contribution in [3.05, 3.63) is 0 Å². The summed E-state index contributed by atoms with van der Waals surface area (Å²) < 4.78 is 0.